The van der Waals surface area contributed by atoms with Crippen LogP contribution in [0.3, 0.4) is 0 Å². The Kier molecular flexibility index (Phi) is 8.92. The molecule has 8 nitrogen and oxygen atoms in total. The Bertz CT molecular complexity index is 1060. The van der Waals surface area contributed by atoms with Crippen molar-refractivity contribution < 1.29 is 24.7 Å². The number of hydrogen-bond donors (Lipinski definition) is 4. The highest BCUT2D eigenvalue weighted by Gasteiger charge is 2.47. The van der Waals surface area contributed by atoms with Crippen molar-refractivity contribution in [2.75, 3.05) is 20.7 Å². The van der Waals surface area contributed by atoms with Crippen LogP contribution in [0.4, 0.5) is 0 Å². The molecule has 0 heterocycles. The first-order valence-corrected chi connectivity index (χ1v) is 10.2. The Hall–Kier alpha value is -3.93. The molecule has 4 N–H and O–H groups in total. The third kappa shape index (κ3) is 6.07. The number of carbonyl (C=O) groups is 3. The van der Waals surface area contributed by atoms with Gasteiger partial charge in [0.1, 0.15) is 0 Å². The fourth-order valence-electron chi connectivity index (χ4n) is 3.02. The molecule has 0 aliphatic heterocycles. The molecule has 33 heavy (non-hydrogen) atoms. The van der Waals surface area contributed by atoms with Gasteiger partial charge in [0, 0.05) is 30.8 Å². The second kappa shape index (κ2) is 11.6. The Morgan fingerprint density at radius 1 is 0.970 bits per heavy atom. The third-order valence-electron chi connectivity index (χ3n) is 5.25. The van der Waals surface area contributed by atoms with Gasteiger partial charge in [0.15, 0.2) is 5.54 Å². The van der Waals surface area contributed by atoms with Gasteiger partial charge in [0.2, 0.25) is 0 Å². The van der Waals surface area contributed by atoms with Crippen molar-refractivity contribution in [1.29, 1.82) is 0 Å². The van der Waals surface area contributed by atoms with Gasteiger partial charge in [-0.05, 0) is 55.3 Å². The van der Waals surface area contributed by atoms with Crippen molar-refractivity contribution in [1.82, 2.24) is 15.7 Å². The number of hydrogen-bond acceptors (Lipinski definition) is 5. The molecule has 0 aromatic heterocycles. The first kappa shape index (κ1) is 25.3. The van der Waals surface area contributed by atoms with Gasteiger partial charge in [-0.25, -0.2) is 5.48 Å². The quantitative estimate of drug-likeness (QED) is 0.167. The number of carbonyl (C=O) groups excluding carboxylic acids is 3. The number of nitrogens with one attached hydrogen (secondary N) is 2. The standard InChI is InChI=1S/C25H27N3O5/c1-25(23(31)26-2,24(32)27-33)28(3)22(30)21-15-13-20(14-16-21)12-11-19-9-7-18(8-10-19)6-4-5-17-29/h4-5,7-10,13-16,29,33H,6,17H2,1-3H3,(H,26,31)(H,27,32)/b5-4+/t25-/m0/s1. The Labute approximate surface area is 192 Å². The largest absolute Gasteiger partial charge is 0.392 e. The lowest BCUT2D eigenvalue weighted by molar-refractivity contribution is -0.148. The zero-order valence-corrected chi connectivity index (χ0v) is 18.8. The van der Waals surface area contributed by atoms with Crippen molar-refractivity contribution in [3.8, 4) is 11.8 Å². The minimum Gasteiger partial charge on any atom is -0.392 e. The zero-order valence-electron chi connectivity index (χ0n) is 18.8. The van der Waals surface area contributed by atoms with Crippen LogP contribution in [0.5, 0.6) is 0 Å². The summed E-state index contributed by atoms with van der Waals surface area (Å²) in [4.78, 5) is 38.2. The van der Waals surface area contributed by atoms with Gasteiger partial charge in [0.25, 0.3) is 17.7 Å². The number of benzene rings is 2. The topological polar surface area (TPSA) is 119 Å². The van der Waals surface area contributed by atoms with Crippen molar-refractivity contribution >= 4 is 17.7 Å². The SMILES string of the molecule is CNC(=O)[C@@](C)(C(=O)NO)N(C)C(=O)c1ccc(C#Cc2ccc(C/C=C/CO)cc2)cc1. The first-order valence-electron chi connectivity index (χ1n) is 10.2. The molecular formula is C25H27N3O5. The molecule has 0 radical (unpaired) electrons. The second-order valence-electron chi connectivity index (χ2n) is 7.34. The van der Waals surface area contributed by atoms with E-state index in [1.807, 2.05) is 30.3 Å². The molecular weight excluding hydrogens is 422 g/mol. The summed E-state index contributed by atoms with van der Waals surface area (Å²) in [6, 6.07) is 14.2. The van der Waals surface area contributed by atoms with Gasteiger partial charge in [-0.1, -0.05) is 36.1 Å². The number of likely N-dealkylation sites (N-methyl/N-ethyl adjacent to an activating group) is 2. The van der Waals surface area contributed by atoms with E-state index < -0.39 is 23.3 Å². The Balaban J connectivity index is 2.15. The summed E-state index contributed by atoms with van der Waals surface area (Å²) in [5.74, 6) is 3.74. The Morgan fingerprint density at radius 3 is 2.00 bits per heavy atom. The average molecular weight is 450 g/mol. The van der Waals surface area contributed by atoms with Gasteiger partial charge >= 0.3 is 0 Å². The molecule has 0 unspecified atom stereocenters. The number of aliphatic hydroxyl groups excluding tert-OH is 1. The van der Waals surface area contributed by atoms with Crippen LogP contribution in [0.25, 0.3) is 0 Å². The number of aliphatic hydroxyl groups is 1. The molecule has 2 rings (SSSR count). The maximum Gasteiger partial charge on any atom is 0.278 e. The summed E-state index contributed by atoms with van der Waals surface area (Å²) in [6.45, 7) is 1.26. The van der Waals surface area contributed by atoms with Crippen LogP contribution in [-0.4, -0.2) is 59.2 Å². The highest BCUT2D eigenvalue weighted by atomic mass is 16.5. The average Bonchev–Trinajstić information content (AvgIpc) is 2.86. The minimum atomic E-state index is -1.95. The number of amides is 3. The summed E-state index contributed by atoms with van der Waals surface area (Å²) in [5, 5.41) is 20.1. The number of nitrogens with zero attached hydrogens (tertiary/aromatic N) is 1. The summed E-state index contributed by atoms with van der Waals surface area (Å²) < 4.78 is 0. The van der Waals surface area contributed by atoms with E-state index in [0.717, 1.165) is 22.4 Å². The molecule has 1 atom stereocenters. The zero-order chi connectivity index (χ0) is 24.4. The van der Waals surface area contributed by atoms with Gasteiger partial charge in [-0.2, -0.15) is 0 Å². The van der Waals surface area contributed by atoms with E-state index in [1.165, 1.54) is 26.5 Å². The van der Waals surface area contributed by atoms with Gasteiger partial charge in [-0.3, -0.25) is 19.6 Å². The normalized spacial score (nSPS) is 12.3. The molecule has 0 spiro atoms. The molecule has 2 aromatic rings. The molecule has 3 amide bonds. The summed E-state index contributed by atoms with van der Waals surface area (Å²) in [5.41, 5.74) is 2.38. The van der Waals surface area contributed by atoms with Crippen LogP contribution >= 0.6 is 0 Å². The van der Waals surface area contributed by atoms with Gasteiger partial charge < -0.3 is 15.3 Å². The Morgan fingerprint density at radius 2 is 1.52 bits per heavy atom. The fraction of sp³-hybridized carbons (Fsp3) is 0.240. The molecule has 0 saturated carbocycles. The summed E-state index contributed by atoms with van der Waals surface area (Å²) in [7, 11) is 2.64. The molecule has 8 heteroatoms. The molecule has 172 valence electrons. The summed E-state index contributed by atoms with van der Waals surface area (Å²) in [6.07, 6.45) is 4.33. The minimum absolute atomic E-state index is 0.0234. The van der Waals surface area contributed by atoms with Crippen LogP contribution in [0, 0.1) is 11.8 Å². The van der Waals surface area contributed by atoms with Crippen molar-refractivity contribution in [3.63, 3.8) is 0 Å². The summed E-state index contributed by atoms with van der Waals surface area (Å²) >= 11 is 0. The lowest BCUT2D eigenvalue weighted by Gasteiger charge is -2.34. The predicted molar refractivity (Wildman–Crippen MR) is 123 cm³/mol. The van der Waals surface area contributed by atoms with E-state index in [0.29, 0.717) is 5.56 Å². The van der Waals surface area contributed by atoms with Gasteiger partial charge in [0.05, 0.1) is 6.61 Å². The monoisotopic (exact) mass is 449 g/mol. The highest BCUT2D eigenvalue weighted by Crippen LogP contribution is 2.18. The molecule has 0 aliphatic carbocycles. The fourth-order valence-corrected chi connectivity index (χ4v) is 3.02. The maximum absolute atomic E-state index is 12.9. The maximum atomic E-state index is 12.9. The van der Waals surface area contributed by atoms with Crippen LogP contribution < -0.4 is 10.8 Å². The third-order valence-corrected chi connectivity index (χ3v) is 5.25. The van der Waals surface area contributed by atoms with Crippen LogP contribution in [-0.2, 0) is 16.0 Å². The van der Waals surface area contributed by atoms with Crippen molar-refractivity contribution in [2.24, 2.45) is 0 Å². The lowest BCUT2D eigenvalue weighted by atomic mass is 9.96. The van der Waals surface area contributed by atoms with Crippen molar-refractivity contribution in [2.45, 2.75) is 18.9 Å². The van der Waals surface area contributed by atoms with E-state index in [4.69, 9.17) is 10.3 Å². The van der Waals surface area contributed by atoms with E-state index >= 15 is 0 Å². The smallest absolute Gasteiger partial charge is 0.278 e. The van der Waals surface area contributed by atoms with E-state index in [2.05, 4.69) is 17.2 Å². The van der Waals surface area contributed by atoms with E-state index in [1.54, 1.807) is 30.3 Å². The second-order valence-corrected chi connectivity index (χ2v) is 7.34. The lowest BCUT2D eigenvalue weighted by Crippen LogP contribution is -2.64. The molecule has 0 fully saturated rings. The number of hydroxylamine groups is 1. The van der Waals surface area contributed by atoms with Crippen molar-refractivity contribution in [3.05, 3.63) is 82.9 Å². The molecule has 0 saturated heterocycles. The van der Waals surface area contributed by atoms with Crippen LogP contribution in [0.15, 0.2) is 60.7 Å². The number of allylic oxidation sites excluding steroid dienone is 1. The van der Waals surface area contributed by atoms with E-state index in [9.17, 15) is 14.4 Å². The highest BCUT2D eigenvalue weighted by molar-refractivity contribution is 6.12. The predicted octanol–water partition coefficient (Wildman–Crippen LogP) is 1.26. The molecule has 0 bridgehead atoms. The molecule has 0 aliphatic rings. The van der Waals surface area contributed by atoms with E-state index in [-0.39, 0.29) is 12.2 Å². The van der Waals surface area contributed by atoms with Crippen LogP contribution in [0.2, 0.25) is 0 Å². The van der Waals surface area contributed by atoms with Gasteiger partial charge in [-0.15, -0.1) is 0 Å². The van der Waals surface area contributed by atoms with Crippen LogP contribution in [0.1, 0.15) is 34.0 Å². The molecule has 2 aromatic carbocycles. The number of rotatable bonds is 7. The first-order chi connectivity index (χ1) is 15.8.